The molecule has 0 aromatic carbocycles. The summed E-state index contributed by atoms with van der Waals surface area (Å²) in [6, 6.07) is 2.11. The second-order valence-corrected chi connectivity index (χ2v) is 7.73. The highest BCUT2D eigenvalue weighted by molar-refractivity contribution is 5.89. The summed E-state index contributed by atoms with van der Waals surface area (Å²) in [5.41, 5.74) is 1.14. The fourth-order valence-corrected chi connectivity index (χ4v) is 4.03. The van der Waals surface area contributed by atoms with E-state index in [-0.39, 0.29) is 17.7 Å². The smallest absolute Gasteiger partial charge is 0.228 e. The average molecular weight is 369 g/mol. The molecule has 1 unspecified atom stereocenters. The van der Waals surface area contributed by atoms with Crippen molar-refractivity contribution in [2.45, 2.75) is 31.6 Å². The number of rotatable bonds is 5. The highest BCUT2D eigenvalue weighted by atomic mass is 16.2. The van der Waals surface area contributed by atoms with E-state index in [1.165, 1.54) is 12.8 Å². The summed E-state index contributed by atoms with van der Waals surface area (Å²) < 4.78 is 0. The Morgan fingerprint density at radius 1 is 1.22 bits per heavy atom. The second kappa shape index (κ2) is 7.66. The van der Waals surface area contributed by atoms with Crippen molar-refractivity contribution in [3.8, 4) is 0 Å². The summed E-state index contributed by atoms with van der Waals surface area (Å²) in [7, 11) is 0. The molecular weight excluding hydrogens is 342 g/mol. The zero-order valence-electron chi connectivity index (χ0n) is 15.7. The van der Waals surface area contributed by atoms with Crippen molar-refractivity contribution in [2.24, 2.45) is 5.92 Å². The van der Waals surface area contributed by atoms with Gasteiger partial charge < -0.3 is 14.7 Å². The van der Waals surface area contributed by atoms with Gasteiger partial charge >= 0.3 is 0 Å². The van der Waals surface area contributed by atoms with E-state index in [1.54, 1.807) is 17.3 Å². The lowest BCUT2D eigenvalue weighted by Crippen LogP contribution is -2.40. The SMILES string of the molecule is C=CCN1CC(C(=O)N2CCCN(c3cc(C4CC4)ncn3)CC2)CC1=O. The van der Waals surface area contributed by atoms with Gasteiger partial charge in [0.05, 0.1) is 5.92 Å². The fourth-order valence-electron chi connectivity index (χ4n) is 4.03. The Bertz CT molecular complexity index is 733. The molecule has 3 aliphatic rings. The van der Waals surface area contributed by atoms with Crippen LogP contribution in [0.15, 0.2) is 25.0 Å². The van der Waals surface area contributed by atoms with Gasteiger partial charge in [-0.25, -0.2) is 9.97 Å². The Hall–Kier alpha value is -2.44. The Morgan fingerprint density at radius 2 is 2.07 bits per heavy atom. The third-order valence-electron chi connectivity index (χ3n) is 5.71. The number of anilines is 1. The van der Waals surface area contributed by atoms with E-state index in [9.17, 15) is 9.59 Å². The predicted molar refractivity (Wildman–Crippen MR) is 102 cm³/mol. The van der Waals surface area contributed by atoms with Crippen LogP contribution in [0.25, 0.3) is 0 Å². The normalized spacial score (nSPS) is 23.5. The Kier molecular flexibility index (Phi) is 5.09. The molecular formula is C20H27N5O2. The number of nitrogens with zero attached hydrogens (tertiary/aromatic N) is 5. The number of likely N-dealkylation sites (tertiary alicyclic amines) is 1. The molecule has 0 bridgehead atoms. The molecule has 0 spiro atoms. The van der Waals surface area contributed by atoms with Crippen molar-refractivity contribution in [2.75, 3.05) is 44.2 Å². The van der Waals surface area contributed by atoms with Crippen molar-refractivity contribution in [1.29, 1.82) is 0 Å². The molecule has 3 fully saturated rings. The Balaban J connectivity index is 1.37. The summed E-state index contributed by atoms with van der Waals surface area (Å²) in [6.07, 6.45) is 7.06. The van der Waals surface area contributed by atoms with Gasteiger partial charge in [0.25, 0.3) is 0 Å². The minimum atomic E-state index is -0.218. The van der Waals surface area contributed by atoms with Crippen LogP contribution < -0.4 is 4.90 Å². The molecule has 4 rings (SSSR count). The van der Waals surface area contributed by atoms with Crippen LogP contribution >= 0.6 is 0 Å². The lowest BCUT2D eigenvalue weighted by Gasteiger charge is -2.25. The van der Waals surface area contributed by atoms with Crippen molar-refractivity contribution in [3.63, 3.8) is 0 Å². The first-order valence-corrected chi connectivity index (χ1v) is 9.90. The highest BCUT2D eigenvalue weighted by Crippen LogP contribution is 2.39. The van der Waals surface area contributed by atoms with Gasteiger partial charge in [0.2, 0.25) is 11.8 Å². The lowest BCUT2D eigenvalue weighted by atomic mass is 10.1. The summed E-state index contributed by atoms with van der Waals surface area (Å²) in [4.78, 5) is 39.7. The number of carbonyl (C=O) groups is 2. The summed E-state index contributed by atoms with van der Waals surface area (Å²) in [5, 5.41) is 0. The molecule has 7 nitrogen and oxygen atoms in total. The number of carbonyl (C=O) groups excluding carboxylic acids is 2. The summed E-state index contributed by atoms with van der Waals surface area (Å²) in [6.45, 7) is 7.79. The summed E-state index contributed by atoms with van der Waals surface area (Å²) in [5.74, 6) is 1.52. The molecule has 27 heavy (non-hydrogen) atoms. The van der Waals surface area contributed by atoms with E-state index in [1.807, 2.05) is 4.90 Å². The average Bonchev–Trinajstić information content (AvgIpc) is 3.49. The van der Waals surface area contributed by atoms with E-state index in [0.29, 0.717) is 32.0 Å². The predicted octanol–water partition coefficient (Wildman–Crippen LogP) is 1.43. The van der Waals surface area contributed by atoms with Crippen LogP contribution in [0, 0.1) is 5.92 Å². The number of hydrogen-bond donors (Lipinski definition) is 0. The van der Waals surface area contributed by atoms with E-state index in [4.69, 9.17) is 0 Å². The van der Waals surface area contributed by atoms with Gasteiger partial charge in [-0.1, -0.05) is 6.08 Å². The van der Waals surface area contributed by atoms with Crippen LogP contribution in [0.5, 0.6) is 0 Å². The topological polar surface area (TPSA) is 69.6 Å². The molecule has 3 heterocycles. The summed E-state index contributed by atoms with van der Waals surface area (Å²) >= 11 is 0. The van der Waals surface area contributed by atoms with Gasteiger partial charge in [-0.15, -0.1) is 6.58 Å². The maximum atomic E-state index is 12.9. The molecule has 1 aliphatic carbocycles. The van der Waals surface area contributed by atoms with Gasteiger partial charge in [0.15, 0.2) is 0 Å². The van der Waals surface area contributed by atoms with Crippen LogP contribution in [0.2, 0.25) is 0 Å². The number of aromatic nitrogens is 2. The minimum absolute atomic E-state index is 0.0540. The van der Waals surface area contributed by atoms with Crippen LogP contribution in [0.1, 0.15) is 37.3 Å². The lowest BCUT2D eigenvalue weighted by molar-refractivity contribution is -0.135. The third-order valence-corrected chi connectivity index (χ3v) is 5.71. The molecule has 1 atom stereocenters. The van der Waals surface area contributed by atoms with Gasteiger partial charge in [-0.2, -0.15) is 0 Å². The largest absolute Gasteiger partial charge is 0.355 e. The molecule has 1 aromatic heterocycles. The molecule has 2 saturated heterocycles. The molecule has 7 heteroatoms. The molecule has 0 radical (unpaired) electrons. The van der Waals surface area contributed by atoms with Crippen molar-refractivity contribution in [3.05, 3.63) is 30.7 Å². The monoisotopic (exact) mass is 369 g/mol. The van der Waals surface area contributed by atoms with Crippen LogP contribution in [-0.2, 0) is 9.59 Å². The Morgan fingerprint density at radius 3 is 2.85 bits per heavy atom. The van der Waals surface area contributed by atoms with Crippen molar-refractivity contribution < 1.29 is 9.59 Å². The maximum absolute atomic E-state index is 12.9. The van der Waals surface area contributed by atoms with Gasteiger partial charge in [0, 0.05) is 63.4 Å². The van der Waals surface area contributed by atoms with E-state index < -0.39 is 0 Å². The van der Waals surface area contributed by atoms with Gasteiger partial charge in [-0.3, -0.25) is 9.59 Å². The van der Waals surface area contributed by atoms with Gasteiger partial charge in [0.1, 0.15) is 12.1 Å². The fraction of sp³-hybridized carbons (Fsp3) is 0.600. The Labute approximate surface area is 160 Å². The van der Waals surface area contributed by atoms with E-state index >= 15 is 0 Å². The maximum Gasteiger partial charge on any atom is 0.228 e. The molecule has 1 aromatic rings. The number of amides is 2. The first-order valence-electron chi connectivity index (χ1n) is 9.90. The molecule has 2 aliphatic heterocycles. The van der Waals surface area contributed by atoms with Crippen LogP contribution in [-0.4, -0.2) is 70.9 Å². The second-order valence-electron chi connectivity index (χ2n) is 7.73. The van der Waals surface area contributed by atoms with E-state index in [2.05, 4.69) is 27.5 Å². The third kappa shape index (κ3) is 3.96. The van der Waals surface area contributed by atoms with Crippen LogP contribution in [0.3, 0.4) is 0 Å². The zero-order valence-corrected chi connectivity index (χ0v) is 15.7. The first kappa shape index (κ1) is 17.9. The zero-order chi connectivity index (χ0) is 18.8. The molecule has 0 N–H and O–H groups in total. The van der Waals surface area contributed by atoms with Crippen molar-refractivity contribution >= 4 is 17.6 Å². The quantitative estimate of drug-likeness (QED) is 0.735. The van der Waals surface area contributed by atoms with Gasteiger partial charge in [-0.05, 0) is 19.3 Å². The molecule has 1 saturated carbocycles. The van der Waals surface area contributed by atoms with Crippen molar-refractivity contribution in [1.82, 2.24) is 19.8 Å². The molecule has 2 amide bonds. The standard InChI is InChI=1S/C20H27N5O2/c1-2-6-25-13-16(11-19(25)26)20(27)24-8-3-7-23(9-10-24)18-12-17(15-4-5-15)21-14-22-18/h2,12,14-16H,1,3-11,13H2. The molecule has 144 valence electrons. The number of hydrogen-bond acceptors (Lipinski definition) is 5. The van der Waals surface area contributed by atoms with E-state index in [0.717, 1.165) is 37.6 Å². The first-order chi connectivity index (χ1) is 13.2. The van der Waals surface area contributed by atoms with Crippen LogP contribution in [0.4, 0.5) is 5.82 Å². The highest BCUT2D eigenvalue weighted by Gasteiger charge is 2.36. The minimum Gasteiger partial charge on any atom is -0.355 e.